The molecule has 1 fully saturated rings. The van der Waals surface area contributed by atoms with Gasteiger partial charge in [0.2, 0.25) is 0 Å². The van der Waals surface area contributed by atoms with Crippen LogP contribution in [0.25, 0.3) is 10.1 Å². The normalized spacial score (nSPS) is 19.6. The standard InChI is InChI=1S/C16H21ClN2S/c1-16(18-2)7-9-19(10-8-16)11-14-15(17)12-5-3-4-6-13(12)20-14/h3-6,18H,7-11H2,1-2H3. The summed E-state index contributed by atoms with van der Waals surface area (Å²) < 4.78 is 1.30. The van der Waals surface area contributed by atoms with E-state index in [-0.39, 0.29) is 0 Å². The fourth-order valence-electron chi connectivity index (χ4n) is 2.82. The van der Waals surface area contributed by atoms with Crippen LogP contribution in [0.15, 0.2) is 24.3 Å². The summed E-state index contributed by atoms with van der Waals surface area (Å²) in [5, 5.41) is 5.60. The molecule has 0 aliphatic carbocycles. The van der Waals surface area contributed by atoms with E-state index in [1.54, 1.807) is 0 Å². The van der Waals surface area contributed by atoms with Crippen LogP contribution >= 0.6 is 22.9 Å². The molecule has 0 radical (unpaired) electrons. The second-order valence-electron chi connectivity index (χ2n) is 5.92. The lowest BCUT2D eigenvalue weighted by Crippen LogP contribution is -2.49. The Bertz CT molecular complexity index is 600. The predicted octanol–water partition coefficient (Wildman–Crippen LogP) is 4.13. The highest BCUT2D eigenvalue weighted by molar-refractivity contribution is 7.19. The molecule has 1 aromatic heterocycles. The molecule has 1 aromatic carbocycles. The Morgan fingerprint density at radius 1 is 1.30 bits per heavy atom. The van der Waals surface area contributed by atoms with Gasteiger partial charge in [-0.15, -0.1) is 11.3 Å². The number of nitrogens with zero attached hydrogens (tertiary/aromatic N) is 1. The molecule has 0 amide bonds. The van der Waals surface area contributed by atoms with Gasteiger partial charge in [-0.25, -0.2) is 0 Å². The SMILES string of the molecule is CNC1(C)CCN(Cc2sc3ccccc3c2Cl)CC1. The number of rotatable bonds is 3. The largest absolute Gasteiger partial charge is 0.314 e. The van der Waals surface area contributed by atoms with Crippen LogP contribution in [0.5, 0.6) is 0 Å². The second-order valence-corrected chi connectivity index (χ2v) is 7.44. The Morgan fingerprint density at radius 3 is 2.65 bits per heavy atom. The van der Waals surface area contributed by atoms with Crippen LogP contribution in [0.4, 0.5) is 0 Å². The fraction of sp³-hybridized carbons (Fsp3) is 0.500. The molecule has 1 saturated heterocycles. The van der Waals surface area contributed by atoms with Gasteiger partial charge >= 0.3 is 0 Å². The number of hydrogen-bond donors (Lipinski definition) is 1. The van der Waals surface area contributed by atoms with E-state index in [4.69, 9.17) is 11.6 Å². The predicted molar refractivity (Wildman–Crippen MR) is 88.8 cm³/mol. The molecule has 0 saturated carbocycles. The molecule has 3 rings (SSSR count). The summed E-state index contributed by atoms with van der Waals surface area (Å²) in [5.41, 5.74) is 0.306. The monoisotopic (exact) mass is 308 g/mol. The lowest BCUT2D eigenvalue weighted by atomic mass is 9.90. The van der Waals surface area contributed by atoms with Crippen molar-refractivity contribution < 1.29 is 0 Å². The number of likely N-dealkylation sites (tertiary alicyclic amines) is 1. The number of benzene rings is 1. The molecule has 0 bridgehead atoms. The van der Waals surface area contributed by atoms with E-state index in [9.17, 15) is 0 Å². The molecule has 2 nitrogen and oxygen atoms in total. The van der Waals surface area contributed by atoms with Crippen molar-refractivity contribution in [3.8, 4) is 0 Å². The molecule has 108 valence electrons. The summed E-state index contributed by atoms with van der Waals surface area (Å²) in [6.07, 6.45) is 2.40. The third-order valence-corrected chi connectivity index (χ3v) is 6.23. The number of piperidine rings is 1. The van der Waals surface area contributed by atoms with Gasteiger partial charge in [0, 0.05) is 40.1 Å². The Balaban J connectivity index is 1.73. The molecule has 2 heterocycles. The molecular weight excluding hydrogens is 288 g/mol. The van der Waals surface area contributed by atoms with Gasteiger partial charge < -0.3 is 5.32 Å². The average Bonchev–Trinajstić information content (AvgIpc) is 2.79. The summed E-state index contributed by atoms with van der Waals surface area (Å²) in [6.45, 7) is 5.58. The summed E-state index contributed by atoms with van der Waals surface area (Å²) in [7, 11) is 2.07. The second kappa shape index (κ2) is 5.64. The number of nitrogens with one attached hydrogen (secondary N) is 1. The summed E-state index contributed by atoms with van der Waals surface area (Å²) in [6, 6.07) is 8.41. The lowest BCUT2D eigenvalue weighted by Gasteiger charge is -2.39. The quantitative estimate of drug-likeness (QED) is 0.917. The zero-order valence-corrected chi connectivity index (χ0v) is 13.7. The van der Waals surface area contributed by atoms with Crippen molar-refractivity contribution in [2.45, 2.75) is 31.8 Å². The molecule has 1 N–H and O–H groups in total. The maximum absolute atomic E-state index is 6.53. The Hall–Kier alpha value is -0.610. The topological polar surface area (TPSA) is 15.3 Å². The number of thiophene rings is 1. The number of fused-ring (bicyclic) bond motifs is 1. The van der Waals surface area contributed by atoms with Gasteiger partial charge in [-0.3, -0.25) is 4.90 Å². The van der Waals surface area contributed by atoms with Crippen molar-refractivity contribution in [3.63, 3.8) is 0 Å². The van der Waals surface area contributed by atoms with Crippen LogP contribution in [0.2, 0.25) is 5.02 Å². The van der Waals surface area contributed by atoms with E-state index in [1.165, 1.54) is 27.8 Å². The summed E-state index contributed by atoms with van der Waals surface area (Å²) >= 11 is 8.37. The van der Waals surface area contributed by atoms with Crippen LogP contribution in [0, 0.1) is 0 Å². The minimum Gasteiger partial charge on any atom is -0.314 e. The van der Waals surface area contributed by atoms with Crippen molar-refractivity contribution in [1.29, 1.82) is 0 Å². The van der Waals surface area contributed by atoms with Gasteiger partial charge in [-0.2, -0.15) is 0 Å². The first-order chi connectivity index (χ1) is 9.61. The van der Waals surface area contributed by atoms with Gasteiger partial charge in [-0.1, -0.05) is 29.8 Å². The summed E-state index contributed by atoms with van der Waals surface area (Å²) in [5.74, 6) is 0. The highest BCUT2D eigenvalue weighted by Crippen LogP contribution is 2.36. The first-order valence-corrected chi connectivity index (χ1v) is 8.38. The lowest BCUT2D eigenvalue weighted by molar-refractivity contribution is 0.147. The van der Waals surface area contributed by atoms with E-state index in [1.807, 2.05) is 11.3 Å². The third-order valence-electron chi connectivity index (χ3n) is 4.53. The Kier molecular flexibility index (Phi) is 4.04. The maximum atomic E-state index is 6.53. The first-order valence-electron chi connectivity index (χ1n) is 7.18. The molecule has 1 aliphatic rings. The molecule has 4 heteroatoms. The van der Waals surface area contributed by atoms with Crippen molar-refractivity contribution in [2.75, 3.05) is 20.1 Å². The molecule has 20 heavy (non-hydrogen) atoms. The zero-order valence-electron chi connectivity index (χ0n) is 12.1. The van der Waals surface area contributed by atoms with Crippen molar-refractivity contribution in [1.82, 2.24) is 10.2 Å². The minimum absolute atomic E-state index is 0.306. The van der Waals surface area contributed by atoms with Crippen LogP contribution in [-0.2, 0) is 6.54 Å². The van der Waals surface area contributed by atoms with Gasteiger partial charge in [0.1, 0.15) is 0 Å². The number of halogens is 1. The Labute approximate surface area is 129 Å². The number of hydrogen-bond acceptors (Lipinski definition) is 3. The average molecular weight is 309 g/mol. The van der Waals surface area contributed by atoms with Crippen LogP contribution in [0.3, 0.4) is 0 Å². The minimum atomic E-state index is 0.306. The van der Waals surface area contributed by atoms with Gasteiger partial charge in [0.15, 0.2) is 0 Å². The smallest absolute Gasteiger partial charge is 0.0637 e. The van der Waals surface area contributed by atoms with E-state index >= 15 is 0 Å². The van der Waals surface area contributed by atoms with E-state index < -0.39 is 0 Å². The van der Waals surface area contributed by atoms with E-state index in [0.717, 1.165) is 24.7 Å². The highest BCUT2D eigenvalue weighted by atomic mass is 35.5. The molecule has 2 aromatic rings. The summed E-state index contributed by atoms with van der Waals surface area (Å²) in [4.78, 5) is 3.83. The van der Waals surface area contributed by atoms with Crippen LogP contribution in [0.1, 0.15) is 24.6 Å². The molecule has 1 aliphatic heterocycles. The third kappa shape index (κ3) is 2.73. The highest BCUT2D eigenvalue weighted by Gasteiger charge is 2.28. The zero-order chi connectivity index (χ0) is 14.2. The first kappa shape index (κ1) is 14.3. The Morgan fingerprint density at radius 2 is 2.00 bits per heavy atom. The van der Waals surface area contributed by atoms with Crippen LogP contribution in [-0.4, -0.2) is 30.6 Å². The molecular formula is C16H21ClN2S. The van der Waals surface area contributed by atoms with E-state index in [2.05, 4.69) is 48.5 Å². The fourth-order valence-corrected chi connectivity index (χ4v) is 4.36. The van der Waals surface area contributed by atoms with Crippen molar-refractivity contribution in [2.24, 2.45) is 0 Å². The van der Waals surface area contributed by atoms with Gasteiger partial charge in [0.05, 0.1) is 5.02 Å². The van der Waals surface area contributed by atoms with Gasteiger partial charge in [-0.05, 0) is 32.9 Å². The van der Waals surface area contributed by atoms with Crippen molar-refractivity contribution >= 4 is 33.0 Å². The van der Waals surface area contributed by atoms with Gasteiger partial charge in [0.25, 0.3) is 0 Å². The molecule has 0 unspecified atom stereocenters. The van der Waals surface area contributed by atoms with Crippen molar-refractivity contribution in [3.05, 3.63) is 34.2 Å². The van der Waals surface area contributed by atoms with Crippen LogP contribution < -0.4 is 5.32 Å². The molecule has 0 atom stereocenters. The molecule has 0 spiro atoms. The maximum Gasteiger partial charge on any atom is 0.0637 e. The van der Waals surface area contributed by atoms with E-state index in [0.29, 0.717) is 5.54 Å².